The number of amides is 1. The third-order valence-corrected chi connectivity index (χ3v) is 7.32. The Morgan fingerprint density at radius 1 is 1.12 bits per heavy atom. The lowest BCUT2D eigenvalue weighted by atomic mass is 10.2. The lowest BCUT2D eigenvalue weighted by molar-refractivity contribution is 0.103. The van der Waals surface area contributed by atoms with Gasteiger partial charge >= 0.3 is 0 Å². The Balaban J connectivity index is 1.49. The van der Waals surface area contributed by atoms with Gasteiger partial charge in [0.25, 0.3) is 11.5 Å². The van der Waals surface area contributed by atoms with Crippen LogP contribution in [0.1, 0.15) is 41.4 Å². The van der Waals surface area contributed by atoms with E-state index in [1.165, 1.54) is 17.0 Å². The van der Waals surface area contributed by atoms with Crippen molar-refractivity contribution in [3.63, 3.8) is 0 Å². The Hall–Kier alpha value is -2.71. The summed E-state index contributed by atoms with van der Waals surface area (Å²) in [7, 11) is 2.14. The number of piperazine rings is 1. The van der Waals surface area contributed by atoms with Gasteiger partial charge in [-0.1, -0.05) is 19.8 Å². The van der Waals surface area contributed by atoms with Crippen molar-refractivity contribution in [2.45, 2.75) is 39.7 Å². The third kappa shape index (κ3) is 4.71. The molecule has 1 aliphatic heterocycles. The summed E-state index contributed by atoms with van der Waals surface area (Å²) >= 11 is 1.28. The zero-order chi connectivity index (χ0) is 22.7. The highest BCUT2D eigenvalue weighted by Gasteiger charge is 2.20. The molecule has 3 heterocycles. The fraction of sp³-hybridized carbons (Fsp3) is 0.458. The van der Waals surface area contributed by atoms with Crippen LogP contribution in [0.15, 0.2) is 35.4 Å². The largest absolute Gasteiger partial charge is 0.369 e. The second-order valence-electron chi connectivity index (χ2n) is 8.48. The number of thiophene rings is 1. The molecular weight excluding hydrogens is 422 g/mol. The Morgan fingerprint density at radius 2 is 1.84 bits per heavy atom. The zero-order valence-electron chi connectivity index (χ0n) is 19.1. The molecule has 1 aliphatic rings. The molecule has 2 aromatic heterocycles. The van der Waals surface area contributed by atoms with Crippen LogP contribution in [-0.4, -0.2) is 53.6 Å². The van der Waals surface area contributed by atoms with E-state index in [4.69, 9.17) is 0 Å². The summed E-state index contributed by atoms with van der Waals surface area (Å²) in [6.07, 6.45) is 4.73. The van der Waals surface area contributed by atoms with E-state index in [1.807, 2.05) is 19.1 Å². The minimum absolute atomic E-state index is 0.0598. The summed E-state index contributed by atoms with van der Waals surface area (Å²) in [6.45, 7) is 8.75. The monoisotopic (exact) mass is 453 g/mol. The molecule has 0 bridgehead atoms. The predicted octanol–water partition coefficient (Wildman–Crippen LogP) is 3.96. The second kappa shape index (κ2) is 9.83. The van der Waals surface area contributed by atoms with E-state index in [0.717, 1.165) is 51.1 Å². The predicted molar refractivity (Wildman–Crippen MR) is 132 cm³/mol. The van der Waals surface area contributed by atoms with Crippen LogP contribution in [0.2, 0.25) is 0 Å². The van der Waals surface area contributed by atoms with Crippen molar-refractivity contribution < 1.29 is 4.79 Å². The van der Waals surface area contributed by atoms with Crippen LogP contribution < -0.4 is 15.8 Å². The maximum Gasteiger partial charge on any atom is 0.266 e. The molecule has 0 aliphatic carbocycles. The molecule has 7 nitrogen and oxygen atoms in total. The van der Waals surface area contributed by atoms with Gasteiger partial charge < -0.3 is 15.1 Å². The maximum absolute atomic E-state index is 13.0. The molecule has 0 unspecified atom stereocenters. The molecule has 0 spiro atoms. The summed E-state index contributed by atoms with van der Waals surface area (Å²) in [6, 6.07) is 7.98. The Labute approximate surface area is 192 Å². The van der Waals surface area contributed by atoms with Gasteiger partial charge in [-0.05, 0) is 50.2 Å². The van der Waals surface area contributed by atoms with Crippen molar-refractivity contribution in [1.29, 1.82) is 0 Å². The van der Waals surface area contributed by atoms with E-state index in [0.29, 0.717) is 27.2 Å². The molecule has 4 rings (SSSR count). The van der Waals surface area contributed by atoms with Crippen molar-refractivity contribution in [1.82, 2.24) is 14.5 Å². The van der Waals surface area contributed by atoms with Crippen LogP contribution in [0.25, 0.3) is 10.2 Å². The van der Waals surface area contributed by atoms with Crippen molar-refractivity contribution >= 4 is 38.8 Å². The lowest BCUT2D eigenvalue weighted by Crippen LogP contribution is -2.44. The molecule has 0 radical (unpaired) electrons. The highest BCUT2D eigenvalue weighted by atomic mass is 32.1. The molecule has 1 saturated heterocycles. The van der Waals surface area contributed by atoms with Gasteiger partial charge in [-0.15, -0.1) is 11.3 Å². The number of nitrogens with zero attached hydrogens (tertiary/aromatic N) is 4. The minimum Gasteiger partial charge on any atom is -0.369 e. The fourth-order valence-corrected chi connectivity index (χ4v) is 5.11. The summed E-state index contributed by atoms with van der Waals surface area (Å²) in [5.41, 5.74) is 2.56. The third-order valence-electron chi connectivity index (χ3n) is 6.12. The van der Waals surface area contributed by atoms with Crippen LogP contribution in [0.4, 0.5) is 11.4 Å². The van der Waals surface area contributed by atoms with Crippen LogP contribution in [0.3, 0.4) is 0 Å². The van der Waals surface area contributed by atoms with E-state index in [1.54, 1.807) is 10.9 Å². The first-order valence-corrected chi connectivity index (χ1v) is 12.1. The SMILES string of the molecule is CCCCCn1cnc2sc(C(=O)Nc3ccc(N4CCN(C)CC4)cc3)c(C)c2c1=O. The van der Waals surface area contributed by atoms with Gasteiger partial charge in [0, 0.05) is 44.1 Å². The quantitative estimate of drug-likeness (QED) is 0.549. The molecule has 1 N–H and O–H groups in total. The maximum atomic E-state index is 13.0. The molecule has 32 heavy (non-hydrogen) atoms. The van der Waals surface area contributed by atoms with Crippen LogP contribution in [0, 0.1) is 6.92 Å². The van der Waals surface area contributed by atoms with Gasteiger partial charge in [-0.3, -0.25) is 14.2 Å². The highest BCUT2D eigenvalue weighted by Crippen LogP contribution is 2.28. The number of unbranched alkanes of at least 4 members (excludes halogenated alkanes) is 2. The van der Waals surface area contributed by atoms with Crippen LogP contribution in [-0.2, 0) is 6.54 Å². The first-order valence-electron chi connectivity index (χ1n) is 11.3. The molecule has 0 atom stereocenters. The summed E-state index contributed by atoms with van der Waals surface area (Å²) in [4.78, 5) is 36.2. The number of nitrogens with one attached hydrogen (secondary N) is 1. The Morgan fingerprint density at radius 3 is 2.53 bits per heavy atom. The standard InChI is InChI=1S/C24H31N5O2S/c1-4-5-6-11-29-16-25-23-20(24(29)31)17(2)21(32-23)22(30)26-18-7-9-19(10-8-18)28-14-12-27(3)13-15-28/h7-10,16H,4-6,11-15H2,1-3H3,(H,26,30). The molecule has 3 aromatic rings. The zero-order valence-corrected chi connectivity index (χ0v) is 19.9. The van der Waals surface area contributed by atoms with E-state index in [2.05, 4.69) is 46.2 Å². The Kier molecular flexibility index (Phi) is 6.91. The number of carbonyl (C=O) groups is 1. The number of fused-ring (bicyclic) bond motifs is 1. The smallest absolute Gasteiger partial charge is 0.266 e. The van der Waals surface area contributed by atoms with E-state index in [9.17, 15) is 9.59 Å². The molecule has 1 aromatic carbocycles. The van der Waals surface area contributed by atoms with Gasteiger partial charge in [-0.25, -0.2) is 4.98 Å². The minimum atomic E-state index is -0.199. The number of hydrogen-bond acceptors (Lipinski definition) is 6. The number of carbonyl (C=O) groups excluding carboxylic acids is 1. The molecule has 170 valence electrons. The summed E-state index contributed by atoms with van der Waals surface area (Å²) in [5.74, 6) is -0.199. The van der Waals surface area contributed by atoms with Crippen molar-refractivity contribution in [3.8, 4) is 0 Å². The van der Waals surface area contributed by atoms with Crippen LogP contribution >= 0.6 is 11.3 Å². The number of rotatable bonds is 7. The summed E-state index contributed by atoms with van der Waals surface area (Å²) < 4.78 is 1.66. The van der Waals surface area contributed by atoms with Crippen molar-refractivity contribution in [2.24, 2.45) is 0 Å². The second-order valence-corrected chi connectivity index (χ2v) is 9.48. The van der Waals surface area contributed by atoms with E-state index >= 15 is 0 Å². The normalized spacial score (nSPS) is 14.8. The average molecular weight is 454 g/mol. The van der Waals surface area contributed by atoms with Gasteiger partial charge in [0.1, 0.15) is 4.83 Å². The molecule has 8 heteroatoms. The first-order chi connectivity index (χ1) is 15.5. The molecule has 1 amide bonds. The number of aryl methyl sites for hydroxylation is 2. The van der Waals surface area contributed by atoms with Gasteiger partial charge in [0.05, 0.1) is 16.6 Å². The van der Waals surface area contributed by atoms with Crippen molar-refractivity contribution in [2.75, 3.05) is 43.4 Å². The summed E-state index contributed by atoms with van der Waals surface area (Å²) in [5, 5.41) is 3.54. The number of likely N-dealkylation sites (N-methyl/N-ethyl adjacent to an activating group) is 1. The molecule has 1 fully saturated rings. The lowest BCUT2D eigenvalue weighted by Gasteiger charge is -2.34. The van der Waals surface area contributed by atoms with Crippen molar-refractivity contribution in [3.05, 3.63) is 51.4 Å². The first kappa shape index (κ1) is 22.5. The van der Waals surface area contributed by atoms with Gasteiger partial charge in [-0.2, -0.15) is 0 Å². The Bertz CT molecular complexity index is 1140. The van der Waals surface area contributed by atoms with Crippen LogP contribution in [0.5, 0.6) is 0 Å². The number of hydrogen-bond donors (Lipinski definition) is 1. The van der Waals surface area contributed by atoms with E-state index < -0.39 is 0 Å². The van der Waals surface area contributed by atoms with Gasteiger partial charge in [0.15, 0.2) is 0 Å². The van der Waals surface area contributed by atoms with Gasteiger partial charge in [0.2, 0.25) is 0 Å². The fourth-order valence-electron chi connectivity index (χ4n) is 4.08. The highest BCUT2D eigenvalue weighted by molar-refractivity contribution is 7.20. The molecule has 0 saturated carbocycles. The topological polar surface area (TPSA) is 70.5 Å². The number of anilines is 2. The molecular formula is C24H31N5O2S. The van der Waals surface area contributed by atoms with E-state index in [-0.39, 0.29) is 11.5 Å². The average Bonchev–Trinajstić information content (AvgIpc) is 3.14. The number of aromatic nitrogens is 2. The number of benzene rings is 1.